The van der Waals surface area contributed by atoms with E-state index in [1.807, 2.05) is 30.3 Å². The number of methoxy groups -OCH3 is 3. The number of fused-ring (bicyclic) bond motifs is 1. The number of aromatic nitrogens is 1. The number of furan rings is 1. The third-order valence-corrected chi connectivity index (χ3v) is 8.64. The van der Waals surface area contributed by atoms with Gasteiger partial charge in [0.15, 0.2) is 16.3 Å². The zero-order valence-corrected chi connectivity index (χ0v) is 27.1. The number of esters is 1. The highest BCUT2D eigenvalue weighted by Crippen LogP contribution is 2.39. The minimum atomic E-state index is -0.932. The summed E-state index contributed by atoms with van der Waals surface area (Å²) in [6, 6.07) is 21.0. The molecule has 12 nitrogen and oxygen atoms in total. The maximum absolute atomic E-state index is 14.3. The second kappa shape index (κ2) is 13.4. The molecule has 0 amide bonds. The first kappa shape index (κ1) is 32.0. The highest BCUT2D eigenvalue weighted by molar-refractivity contribution is 7.07. The predicted octanol–water partition coefficient (Wildman–Crippen LogP) is 5.13. The Hall–Kier alpha value is -5.95. The molecule has 0 bridgehead atoms. The van der Waals surface area contributed by atoms with Crippen molar-refractivity contribution < 1.29 is 33.1 Å². The summed E-state index contributed by atoms with van der Waals surface area (Å²) >= 11 is 1.13. The summed E-state index contributed by atoms with van der Waals surface area (Å²) in [5.74, 6) is 1.30. The van der Waals surface area contributed by atoms with Crippen LogP contribution in [0.25, 0.3) is 23.1 Å². The van der Waals surface area contributed by atoms with Crippen LogP contribution in [-0.2, 0) is 9.53 Å². The van der Waals surface area contributed by atoms with Gasteiger partial charge in [0, 0.05) is 23.8 Å². The second-order valence-corrected chi connectivity index (χ2v) is 11.4. The normalized spacial score (nSPS) is 14.2. The van der Waals surface area contributed by atoms with Gasteiger partial charge in [-0.05, 0) is 42.8 Å². The van der Waals surface area contributed by atoms with E-state index in [4.69, 9.17) is 28.4 Å². The van der Waals surface area contributed by atoms with Crippen LogP contribution in [0.2, 0.25) is 0 Å². The van der Waals surface area contributed by atoms with Crippen molar-refractivity contribution in [1.29, 1.82) is 0 Å². The van der Waals surface area contributed by atoms with E-state index in [0.29, 0.717) is 56.0 Å². The van der Waals surface area contributed by atoms with Gasteiger partial charge < -0.3 is 23.4 Å². The zero-order valence-electron chi connectivity index (χ0n) is 26.3. The van der Waals surface area contributed by atoms with Gasteiger partial charge in [-0.25, -0.2) is 9.79 Å². The van der Waals surface area contributed by atoms with Gasteiger partial charge in [-0.1, -0.05) is 47.7 Å². The molecule has 3 heterocycles. The van der Waals surface area contributed by atoms with Crippen LogP contribution in [0.15, 0.2) is 98.6 Å². The fourth-order valence-corrected chi connectivity index (χ4v) is 6.47. The Morgan fingerprint density at radius 3 is 2.40 bits per heavy atom. The number of non-ortho nitro benzene ring substituents is 1. The van der Waals surface area contributed by atoms with Crippen molar-refractivity contribution in [1.82, 2.24) is 4.57 Å². The van der Waals surface area contributed by atoms with Crippen molar-refractivity contribution in [2.75, 3.05) is 27.9 Å². The molecule has 5 aromatic rings. The standard InChI is InChI=1S/C35H29N3O9S/c1-5-46-34(40)30-31(20-9-7-6-8-10-20)36-35-37(32(30)21-11-14-27(44-3)28(17-21)45-4)33(39)29(48-35)19-23-13-16-26(47-23)24-18-22(38(41)42)12-15-25(24)43-2/h6-19,32H,5H2,1-4H3/b29-19-/t32-/m1/s1. The molecule has 1 atom stereocenters. The van der Waals surface area contributed by atoms with Gasteiger partial charge in [-0.15, -0.1) is 0 Å². The smallest absolute Gasteiger partial charge is 0.338 e. The van der Waals surface area contributed by atoms with Gasteiger partial charge in [0.2, 0.25) is 0 Å². The van der Waals surface area contributed by atoms with Crippen LogP contribution >= 0.6 is 11.3 Å². The Kier molecular flexibility index (Phi) is 8.95. The van der Waals surface area contributed by atoms with E-state index in [9.17, 15) is 19.7 Å². The largest absolute Gasteiger partial charge is 0.496 e. The Bertz CT molecular complexity index is 2250. The molecule has 0 aliphatic carbocycles. The first-order valence-electron chi connectivity index (χ1n) is 14.7. The Morgan fingerprint density at radius 1 is 0.979 bits per heavy atom. The summed E-state index contributed by atoms with van der Waals surface area (Å²) in [5.41, 5.74) is 1.65. The average Bonchev–Trinajstić information content (AvgIpc) is 3.70. The van der Waals surface area contributed by atoms with Gasteiger partial charge in [0.1, 0.15) is 17.3 Å². The molecule has 0 radical (unpaired) electrons. The van der Waals surface area contributed by atoms with Crippen molar-refractivity contribution in [2.45, 2.75) is 13.0 Å². The SMILES string of the molecule is CCOC(=O)C1=C(c2ccccc2)N=c2s/c(=C\c3ccc(-c4cc([N+](=O)[O-])ccc4OC)o3)c(=O)n2[C@@H]1c1ccc(OC)c(OC)c1. The quantitative estimate of drug-likeness (QED) is 0.112. The monoisotopic (exact) mass is 667 g/mol. The maximum Gasteiger partial charge on any atom is 0.338 e. The molecule has 2 aromatic heterocycles. The van der Waals surface area contributed by atoms with Crippen LogP contribution in [-0.4, -0.2) is 43.4 Å². The molecule has 13 heteroatoms. The number of carbonyl (C=O) groups is 1. The van der Waals surface area contributed by atoms with E-state index >= 15 is 0 Å². The third-order valence-electron chi connectivity index (χ3n) is 7.66. The van der Waals surface area contributed by atoms with E-state index in [1.54, 1.807) is 43.3 Å². The lowest BCUT2D eigenvalue weighted by molar-refractivity contribution is -0.384. The summed E-state index contributed by atoms with van der Waals surface area (Å²) in [6.45, 7) is 1.83. The number of ether oxygens (including phenoxy) is 4. The van der Waals surface area contributed by atoms with E-state index in [-0.39, 0.29) is 22.4 Å². The number of nitro groups is 1. The Labute approximate surface area is 277 Å². The molecular weight excluding hydrogens is 638 g/mol. The molecule has 0 saturated carbocycles. The first-order valence-corrected chi connectivity index (χ1v) is 15.5. The number of rotatable bonds is 10. The molecule has 1 aliphatic heterocycles. The molecular formula is C35H29N3O9S. The molecule has 244 valence electrons. The molecule has 0 unspecified atom stereocenters. The lowest BCUT2D eigenvalue weighted by atomic mass is 9.93. The minimum absolute atomic E-state index is 0.115. The van der Waals surface area contributed by atoms with Crippen LogP contribution in [0.4, 0.5) is 5.69 Å². The molecule has 0 fully saturated rings. The first-order chi connectivity index (χ1) is 23.3. The van der Waals surface area contributed by atoms with Gasteiger partial charge in [0.25, 0.3) is 11.2 Å². The number of hydrogen-bond acceptors (Lipinski definition) is 11. The molecule has 3 aromatic carbocycles. The van der Waals surface area contributed by atoms with Gasteiger partial charge in [0.05, 0.1) is 60.3 Å². The van der Waals surface area contributed by atoms with E-state index in [0.717, 1.165) is 11.3 Å². The van der Waals surface area contributed by atoms with Gasteiger partial charge >= 0.3 is 5.97 Å². The van der Waals surface area contributed by atoms with Crippen molar-refractivity contribution in [2.24, 2.45) is 4.99 Å². The van der Waals surface area contributed by atoms with Crippen LogP contribution in [0.1, 0.15) is 29.9 Å². The highest BCUT2D eigenvalue weighted by atomic mass is 32.1. The molecule has 6 rings (SSSR count). The molecule has 0 N–H and O–H groups in total. The number of hydrogen-bond donors (Lipinski definition) is 0. The summed E-state index contributed by atoms with van der Waals surface area (Å²) in [6.07, 6.45) is 1.57. The Morgan fingerprint density at radius 2 is 1.71 bits per heavy atom. The molecule has 1 aliphatic rings. The van der Waals surface area contributed by atoms with Crippen LogP contribution in [0, 0.1) is 10.1 Å². The lowest BCUT2D eigenvalue weighted by Crippen LogP contribution is -2.40. The van der Waals surface area contributed by atoms with Crippen molar-refractivity contribution in [3.05, 3.63) is 131 Å². The summed E-state index contributed by atoms with van der Waals surface area (Å²) in [7, 11) is 4.48. The fraction of sp³-hybridized carbons (Fsp3) is 0.171. The number of nitro benzene ring substituents is 1. The highest BCUT2D eigenvalue weighted by Gasteiger charge is 2.35. The summed E-state index contributed by atoms with van der Waals surface area (Å²) in [4.78, 5) is 44.1. The number of carbonyl (C=O) groups excluding carboxylic acids is 1. The molecule has 48 heavy (non-hydrogen) atoms. The van der Waals surface area contributed by atoms with Crippen LogP contribution in [0.5, 0.6) is 17.2 Å². The van der Waals surface area contributed by atoms with Gasteiger partial charge in [-0.3, -0.25) is 19.5 Å². The van der Waals surface area contributed by atoms with E-state index in [2.05, 4.69) is 0 Å². The maximum atomic E-state index is 14.3. The number of benzene rings is 3. The summed E-state index contributed by atoms with van der Waals surface area (Å²) < 4.78 is 29.7. The third kappa shape index (κ3) is 5.86. The predicted molar refractivity (Wildman–Crippen MR) is 178 cm³/mol. The average molecular weight is 668 g/mol. The van der Waals surface area contributed by atoms with Crippen LogP contribution in [0.3, 0.4) is 0 Å². The molecule has 0 spiro atoms. The van der Waals surface area contributed by atoms with E-state index in [1.165, 1.54) is 44.1 Å². The van der Waals surface area contributed by atoms with Crippen molar-refractivity contribution in [3.63, 3.8) is 0 Å². The zero-order chi connectivity index (χ0) is 33.9. The fourth-order valence-electron chi connectivity index (χ4n) is 5.49. The molecule has 0 saturated heterocycles. The minimum Gasteiger partial charge on any atom is -0.496 e. The summed E-state index contributed by atoms with van der Waals surface area (Å²) in [5, 5.41) is 11.4. The van der Waals surface area contributed by atoms with Crippen molar-refractivity contribution >= 4 is 34.8 Å². The Balaban J connectivity index is 1.56. The topological polar surface area (TPSA) is 145 Å². The lowest BCUT2D eigenvalue weighted by Gasteiger charge is -2.26. The number of thiazole rings is 1. The van der Waals surface area contributed by atoms with Crippen LogP contribution < -0.4 is 29.1 Å². The van der Waals surface area contributed by atoms with Gasteiger partial charge in [-0.2, -0.15) is 0 Å². The second-order valence-electron chi connectivity index (χ2n) is 10.4. The van der Waals surface area contributed by atoms with E-state index < -0.39 is 22.5 Å². The van der Waals surface area contributed by atoms with Crippen molar-refractivity contribution in [3.8, 4) is 28.6 Å². The number of nitrogens with zero attached hydrogens (tertiary/aromatic N) is 3.